The van der Waals surface area contributed by atoms with Gasteiger partial charge in [0.1, 0.15) is 5.75 Å². The Balaban J connectivity index is -0.000000214. The molecule has 0 heterocycles. The van der Waals surface area contributed by atoms with Crippen LogP contribution in [0.3, 0.4) is 0 Å². The average molecular weight is 431 g/mol. The molecule has 0 aliphatic heterocycles. The number of carboxylic acid groups (broad SMARTS) is 2. The zero-order valence-corrected chi connectivity index (χ0v) is 13.6. The summed E-state index contributed by atoms with van der Waals surface area (Å²) in [6, 6.07) is 4.51. The number of carboxylic acids is 2. The Bertz CT molecular complexity index is 365. The molecule has 8 heteroatoms. The van der Waals surface area contributed by atoms with Crippen LogP contribution in [0, 0.1) is 40.4 Å². The fourth-order valence-corrected chi connectivity index (χ4v) is 0.890. The molecule has 0 atom stereocenters. The number of phenols is 1. The summed E-state index contributed by atoms with van der Waals surface area (Å²) in [5, 5.41) is 27.4. The van der Waals surface area contributed by atoms with Crippen molar-refractivity contribution in [2.24, 2.45) is 0 Å². The summed E-state index contributed by atoms with van der Waals surface area (Å²) in [5.74, 6) is -2.11. The number of carbonyl (C=O) groups excluding carboxylic acids is 2. The van der Waals surface area contributed by atoms with Crippen LogP contribution in [-0.2, 0) is 9.59 Å². The average Bonchev–Trinajstić information content (AvgIpc) is 2.10. The molecule has 1 rings (SSSR count). The molecule has 1 N–H and O–H groups in total. The molecular weight excluding hydrogens is 421 g/mol. The van der Waals surface area contributed by atoms with Crippen LogP contribution >= 0.6 is 23.2 Å². The maximum absolute atomic E-state index is 8.89. The third-order valence-corrected chi connectivity index (χ3v) is 1.45. The molecule has 18 heavy (non-hydrogen) atoms. The SMILES string of the molecule is CC(=O)[O-].CC(=O)[O-].Oc1ccc(Cl)cc1Cl.[Sm]. The molecule has 1 aromatic rings. The number of hydrogen-bond donors (Lipinski definition) is 1. The molecular formula is C10H10Cl2O5Sm-2. The minimum atomic E-state index is -1.08. The summed E-state index contributed by atoms with van der Waals surface area (Å²) in [4.78, 5) is 17.8. The van der Waals surface area contributed by atoms with Gasteiger partial charge in [0.15, 0.2) is 0 Å². The predicted octanol–water partition coefficient (Wildman–Crippen LogP) is 0.211. The maximum atomic E-state index is 8.89. The first-order valence-corrected chi connectivity index (χ1v) is 4.91. The van der Waals surface area contributed by atoms with Gasteiger partial charge in [-0.3, -0.25) is 0 Å². The van der Waals surface area contributed by atoms with Crippen molar-refractivity contribution in [2.45, 2.75) is 13.8 Å². The third-order valence-electron chi connectivity index (χ3n) is 0.910. The largest absolute Gasteiger partial charge is 0.550 e. The zero-order chi connectivity index (χ0) is 14.0. The van der Waals surface area contributed by atoms with Gasteiger partial charge in [0.25, 0.3) is 0 Å². The second kappa shape index (κ2) is 13.3. The van der Waals surface area contributed by atoms with E-state index in [1.807, 2.05) is 0 Å². The van der Waals surface area contributed by atoms with Crippen molar-refractivity contribution in [3.63, 3.8) is 0 Å². The molecule has 0 saturated heterocycles. The summed E-state index contributed by atoms with van der Waals surface area (Å²) in [6.07, 6.45) is 0. The van der Waals surface area contributed by atoms with Crippen molar-refractivity contribution >= 4 is 35.1 Å². The number of aromatic hydroxyl groups is 1. The maximum Gasteiger partial charge on any atom is 0.134 e. The van der Waals surface area contributed by atoms with Gasteiger partial charge >= 0.3 is 0 Å². The van der Waals surface area contributed by atoms with Crippen molar-refractivity contribution in [2.75, 3.05) is 0 Å². The van der Waals surface area contributed by atoms with E-state index < -0.39 is 11.9 Å². The zero-order valence-electron chi connectivity index (χ0n) is 9.48. The molecule has 0 spiro atoms. The van der Waals surface area contributed by atoms with E-state index in [2.05, 4.69) is 0 Å². The van der Waals surface area contributed by atoms with Crippen LogP contribution in [0.15, 0.2) is 18.2 Å². The fraction of sp³-hybridized carbons (Fsp3) is 0.200. The van der Waals surface area contributed by atoms with Gasteiger partial charge in [-0.15, -0.1) is 0 Å². The van der Waals surface area contributed by atoms with E-state index in [1.54, 1.807) is 6.07 Å². The minimum absolute atomic E-state index is 0. The minimum Gasteiger partial charge on any atom is -0.550 e. The first kappa shape index (κ1) is 23.0. The van der Waals surface area contributed by atoms with Gasteiger partial charge in [0.05, 0.1) is 5.02 Å². The van der Waals surface area contributed by atoms with Crippen molar-refractivity contribution in [3.05, 3.63) is 28.2 Å². The number of carbonyl (C=O) groups is 2. The summed E-state index contributed by atoms with van der Waals surface area (Å²) in [7, 11) is 0. The van der Waals surface area contributed by atoms with Gasteiger partial charge < -0.3 is 24.9 Å². The van der Waals surface area contributed by atoms with Crippen LogP contribution < -0.4 is 10.2 Å². The van der Waals surface area contributed by atoms with E-state index in [0.29, 0.717) is 5.02 Å². The summed E-state index contributed by atoms with van der Waals surface area (Å²) in [5.41, 5.74) is 0. The van der Waals surface area contributed by atoms with Gasteiger partial charge in [0.2, 0.25) is 0 Å². The van der Waals surface area contributed by atoms with Crippen molar-refractivity contribution in [1.82, 2.24) is 0 Å². The molecule has 0 amide bonds. The van der Waals surface area contributed by atoms with Gasteiger partial charge in [-0.2, -0.15) is 0 Å². The molecule has 0 fully saturated rings. The summed E-state index contributed by atoms with van der Waals surface area (Å²) < 4.78 is 0. The predicted molar refractivity (Wildman–Crippen MR) is 59.5 cm³/mol. The van der Waals surface area contributed by atoms with Crippen LogP contribution in [0.1, 0.15) is 13.8 Å². The van der Waals surface area contributed by atoms with Crippen LogP contribution in [-0.4, -0.2) is 17.0 Å². The van der Waals surface area contributed by atoms with E-state index in [1.165, 1.54) is 12.1 Å². The van der Waals surface area contributed by atoms with E-state index in [-0.39, 0.29) is 51.2 Å². The monoisotopic (exact) mass is 432 g/mol. The van der Waals surface area contributed by atoms with Gasteiger partial charge in [-0.1, -0.05) is 23.2 Å². The van der Waals surface area contributed by atoms with Crippen LogP contribution in [0.25, 0.3) is 0 Å². The Kier molecular flexibility index (Phi) is 17.0. The molecule has 0 aliphatic carbocycles. The summed E-state index contributed by atoms with van der Waals surface area (Å²) >= 11 is 11.0. The Hall–Kier alpha value is -0.122. The Morgan fingerprint density at radius 2 is 1.44 bits per heavy atom. The molecule has 0 aromatic heterocycles. The first-order valence-electron chi connectivity index (χ1n) is 4.16. The first-order chi connectivity index (χ1) is 7.66. The standard InChI is InChI=1S/C6H4Cl2O.2C2H4O2.Sm/c7-4-1-2-6(9)5(8)3-4;2*1-2(3)4;/h1-3,9H;2*1H3,(H,3,4);/p-2. The smallest absolute Gasteiger partial charge is 0.134 e. The normalized spacial score (nSPS) is 7.56. The number of hydrogen-bond acceptors (Lipinski definition) is 5. The van der Waals surface area contributed by atoms with Gasteiger partial charge in [-0.05, 0) is 32.0 Å². The van der Waals surface area contributed by atoms with Crippen LogP contribution in [0.4, 0.5) is 0 Å². The molecule has 0 radical (unpaired) electrons. The third kappa shape index (κ3) is 21.2. The quantitative estimate of drug-likeness (QED) is 0.633. The number of aliphatic carboxylic acids is 2. The van der Waals surface area contributed by atoms with Crippen molar-refractivity contribution in [1.29, 1.82) is 0 Å². The van der Waals surface area contributed by atoms with E-state index in [0.717, 1.165) is 13.8 Å². The Morgan fingerprint density at radius 3 is 1.67 bits per heavy atom. The molecule has 0 saturated carbocycles. The van der Waals surface area contributed by atoms with Gasteiger partial charge in [0, 0.05) is 57.3 Å². The van der Waals surface area contributed by atoms with E-state index in [4.69, 9.17) is 48.1 Å². The van der Waals surface area contributed by atoms with E-state index >= 15 is 0 Å². The molecule has 0 bridgehead atoms. The second-order valence-electron chi connectivity index (χ2n) is 2.58. The van der Waals surface area contributed by atoms with Crippen LogP contribution in [0.2, 0.25) is 10.0 Å². The van der Waals surface area contributed by atoms with E-state index in [9.17, 15) is 0 Å². The molecule has 102 valence electrons. The Morgan fingerprint density at radius 1 is 1.11 bits per heavy atom. The number of rotatable bonds is 0. The molecule has 0 unspecified atom stereocenters. The second-order valence-corrected chi connectivity index (χ2v) is 3.42. The molecule has 5 nitrogen and oxygen atoms in total. The number of halogens is 2. The number of phenolic OH excluding ortho intramolecular Hbond substituents is 1. The topological polar surface area (TPSA) is 100 Å². The van der Waals surface area contributed by atoms with Crippen LogP contribution in [0.5, 0.6) is 5.75 Å². The fourth-order valence-electron chi connectivity index (χ4n) is 0.481. The summed E-state index contributed by atoms with van der Waals surface area (Å²) in [6.45, 7) is 1.94. The molecule has 1 aromatic carbocycles. The van der Waals surface area contributed by atoms with Crippen molar-refractivity contribution in [3.8, 4) is 5.75 Å². The van der Waals surface area contributed by atoms with Gasteiger partial charge in [-0.25, -0.2) is 0 Å². The van der Waals surface area contributed by atoms with Crippen molar-refractivity contribution < 1.29 is 65.3 Å². The number of benzene rings is 1. The molecule has 0 aliphatic rings. The Labute approximate surface area is 147 Å².